The predicted molar refractivity (Wildman–Crippen MR) is 312 cm³/mol. The summed E-state index contributed by atoms with van der Waals surface area (Å²) in [6, 6.07) is 0. The van der Waals surface area contributed by atoms with Crippen LogP contribution in [0.25, 0.3) is 0 Å². The van der Waals surface area contributed by atoms with Gasteiger partial charge in [-0.3, -0.25) is 19.2 Å². The molecule has 22 heteroatoms. The molecule has 6 fully saturated rings. The topological polar surface area (TPSA) is 302 Å². The number of hydrogen-bond donors (Lipinski definition) is 7. The van der Waals surface area contributed by atoms with Crippen molar-refractivity contribution in [2.24, 2.45) is 23.7 Å². The number of esters is 3. The standard InChI is InChI=1S/C64H97ClO21/c1-34(20-43(68)19-18-36(3)65)21-54-58(73)61(11)40(7)57(80-54)59(74)64(76)32-52(71)38(5)53(85-64)17-15-13-14-16-45-23-44(69)28-62(81-45)30-48(77-12)24-46(82-62)26-51(70)39(6)56(79-42(9)67)37(4)35(2)22-50-29-60(10,75)33-63(84-50)31-49(78-41(8)66)25-47(83-63)27-55(72)86-61/h14,16,18-19,37-40,43-50,52-54,56-59,68-69,71,73-76H,1-3,13,15,17,20-33H2,4-12H3/t37?,38-,39+,40+,43?,44+,45-,46+,47-,48-,49+,50+,52+,53-,54-,56+,57-,58-,59+,60+,61-,62?,63-,64-/m1/s1. The third-order valence-electron chi connectivity index (χ3n) is 18.9. The number of Topliss-reactive ketones (excluding diaryl/α,β-unsaturated/α-hetero) is 1. The average Bonchev–Trinajstić information content (AvgIpc) is 0.786. The van der Waals surface area contributed by atoms with Gasteiger partial charge in [-0.05, 0) is 58.4 Å². The lowest BCUT2D eigenvalue weighted by Crippen LogP contribution is -2.69. The third-order valence-corrected chi connectivity index (χ3v) is 19.1. The van der Waals surface area contributed by atoms with Gasteiger partial charge in [0, 0.05) is 108 Å². The first kappa shape index (κ1) is 70.0. The maximum atomic E-state index is 14.7. The van der Waals surface area contributed by atoms with E-state index in [0.717, 1.165) is 0 Å². The summed E-state index contributed by atoms with van der Waals surface area (Å²) in [7, 11) is 1.57. The summed E-state index contributed by atoms with van der Waals surface area (Å²) in [5.41, 5.74) is -2.41. The molecular formula is C64H97ClO21. The van der Waals surface area contributed by atoms with Gasteiger partial charge in [0.25, 0.3) is 0 Å². The number of rotatable bonds is 9. The smallest absolute Gasteiger partial charge is 0.309 e. The van der Waals surface area contributed by atoms with E-state index in [1.165, 1.54) is 32.9 Å². The highest BCUT2D eigenvalue weighted by Crippen LogP contribution is 2.49. The van der Waals surface area contributed by atoms with Gasteiger partial charge in [-0.25, -0.2) is 0 Å². The third kappa shape index (κ3) is 17.5. The normalized spacial score (nSPS) is 44.6. The first-order chi connectivity index (χ1) is 40.2. The van der Waals surface area contributed by atoms with Crippen molar-refractivity contribution in [3.05, 3.63) is 60.2 Å². The number of methoxy groups -OCH3 is 1. The molecule has 7 rings (SSSR count). The van der Waals surface area contributed by atoms with Crippen LogP contribution in [0, 0.1) is 23.7 Å². The SMILES string of the molecule is C=C(Cl)C=CC(O)CC(=C)C[C@H]1O[C@@H]2[C@H](C)[C@@](C)(OC(=O)C[C@H]3C[C@H](OC(C)=O)C[C@@]4(C[C@@](C)(O)C[C@H](CC(=C)C(C)[C@H](OC(C)=O)[C@@H](C)C(=O)C[C@@H]5C[C@@H](OC)CC6(C[C@@H](O)C[C@@H](C=CCCC[C@H]7O[C@](O)(C[C@H](O)[C@H]7C)[C@H]2O)O6)O5)O4)O3)[C@@H]1O. The average molecular weight is 1240 g/mol. The minimum absolute atomic E-state index is 0.00103. The summed E-state index contributed by atoms with van der Waals surface area (Å²) < 4.78 is 63.8. The molecule has 0 aliphatic carbocycles. The lowest BCUT2D eigenvalue weighted by molar-refractivity contribution is -0.356. The number of ketones is 1. The van der Waals surface area contributed by atoms with Crippen LogP contribution >= 0.6 is 11.6 Å². The van der Waals surface area contributed by atoms with Gasteiger partial charge in [-0.15, -0.1) is 0 Å². The van der Waals surface area contributed by atoms with Crippen molar-refractivity contribution >= 4 is 35.3 Å². The molecule has 0 aromatic heterocycles. The fourth-order valence-corrected chi connectivity index (χ4v) is 14.5. The number of allylic oxidation sites excluding steroid dienone is 3. The molecule has 0 saturated carbocycles. The number of halogens is 1. The van der Waals surface area contributed by atoms with Gasteiger partial charge < -0.3 is 83.1 Å². The zero-order valence-corrected chi connectivity index (χ0v) is 52.4. The fraction of sp³-hybridized carbons (Fsp3) is 0.781. The molecule has 7 aliphatic heterocycles. The molecule has 24 atom stereocenters. The van der Waals surface area contributed by atoms with E-state index in [-0.39, 0.29) is 81.1 Å². The Morgan fingerprint density at radius 3 is 2.14 bits per heavy atom. The summed E-state index contributed by atoms with van der Waals surface area (Å²) in [5, 5.41) is 83.2. The first-order valence-corrected chi connectivity index (χ1v) is 31.1. The quantitative estimate of drug-likeness (QED) is 0.0576. The largest absolute Gasteiger partial charge is 0.462 e. The maximum absolute atomic E-state index is 14.7. The van der Waals surface area contributed by atoms with Gasteiger partial charge in [0.05, 0.1) is 85.1 Å². The second-order valence-electron chi connectivity index (χ2n) is 26.5. The van der Waals surface area contributed by atoms with Crippen LogP contribution in [-0.2, 0) is 66.5 Å². The van der Waals surface area contributed by atoms with E-state index in [4.69, 9.17) is 59.0 Å². The molecule has 0 aromatic rings. The van der Waals surface area contributed by atoms with Crippen molar-refractivity contribution < 1.29 is 102 Å². The number of carbonyl (C=O) groups is 4. The maximum Gasteiger partial charge on any atom is 0.309 e. The van der Waals surface area contributed by atoms with Crippen molar-refractivity contribution in [2.45, 2.75) is 285 Å². The zero-order chi connectivity index (χ0) is 63.4. The second-order valence-corrected chi connectivity index (χ2v) is 27.0. The van der Waals surface area contributed by atoms with Gasteiger partial charge in [0.2, 0.25) is 0 Å². The van der Waals surface area contributed by atoms with Gasteiger partial charge in [0.15, 0.2) is 17.4 Å². The monoisotopic (exact) mass is 1240 g/mol. The van der Waals surface area contributed by atoms with E-state index >= 15 is 0 Å². The Morgan fingerprint density at radius 1 is 0.814 bits per heavy atom. The van der Waals surface area contributed by atoms with Crippen LogP contribution in [-0.4, -0.2) is 187 Å². The van der Waals surface area contributed by atoms with Crippen LogP contribution in [0.4, 0.5) is 0 Å². The summed E-state index contributed by atoms with van der Waals surface area (Å²) >= 11 is 5.90. The highest BCUT2D eigenvalue weighted by Gasteiger charge is 2.61. The number of hydrogen-bond acceptors (Lipinski definition) is 21. The Morgan fingerprint density at radius 2 is 1.47 bits per heavy atom. The first-order valence-electron chi connectivity index (χ1n) is 30.7. The minimum Gasteiger partial charge on any atom is -0.462 e. The Bertz CT molecular complexity index is 2480. The van der Waals surface area contributed by atoms with Crippen LogP contribution in [0.3, 0.4) is 0 Å². The molecule has 6 saturated heterocycles. The minimum atomic E-state index is -2.42. The highest BCUT2D eigenvalue weighted by atomic mass is 35.5. The van der Waals surface area contributed by atoms with Crippen LogP contribution < -0.4 is 0 Å². The number of ether oxygens (including phenoxy) is 10. The van der Waals surface area contributed by atoms with Gasteiger partial charge in [-0.2, -0.15) is 0 Å². The van der Waals surface area contributed by atoms with Crippen LogP contribution in [0.2, 0.25) is 0 Å². The summed E-state index contributed by atoms with van der Waals surface area (Å²) in [5.74, 6) is -10.8. The number of fused-ring (bicyclic) bond motifs is 8. The van der Waals surface area contributed by atoms with Crippen LogP contribution in [0.15, 0.2) is 60.2 Å². The molecule has 7 heterocycles. The second kappa shape index (κ2) is 28.8. The summed E-state index contributed by atoms with van der Waals surface area (Å²) in [6.45, 7) is 24.6. The number of aliphatic hydroxyl groups is 7. The Kier molecular flexibility index (Phi) is 23.4. The van der Waals surface area contributed by atoms with E-state index in [1.54, 1.807) is 41.7 Å². The van der Waals surface area contributed by atoms with E-state index < -0.39 is 168 Å². The van der Waals surface area contributed by atoms with E-state index in [2.05, 4.69) is 19.7 Å². The Labute approximate surface area is 511 Å². The van der Waals surface area contributed by atoms with Crippen molar-refractivity contribution in [3.63, 3.8) is 0 Å². The van der Waals surface area contributed by atoms with Crippen molar-refractivity contribution in [3.8, 4) is 0 Å². The lowest BCUT2D eigenvalue weighted by atomic mass is 9.72. The van der Waals surface area contributed by atoms with E-state index in [1.807, 2.05) is 12.2 Å². The molecule has 10 bridgehead atoms. The molecule has 486 valence electrons. The van der Waals surface area contributed by atoms with E-state index in [0.29, 0.717) is 43.3 Å². The zero-order valence-electron chi connectivity index (χ0n) is 51.6. The molecule has 86 heavy (non-hydrogen) atoms. The fourth-order valence-electron chi connectivity index (χ4n) is 14.4. The summed E-state index contributed by atoms with van der Waals surface area (Å²) in [4.78, 5) is 54.6. The molecule has 0 radical (unpaired) electrons. The molecule has 7 N–H and O–H groups in total. The molecular weight excluding hydrogens is 1140 g/mol. The van der Waals surface area contributed by atoms with Crippen LogP contribution in [0.5, 0.6) is 0 Å². The summed E-state index contributed by atoms with van der Waals surface area (Å²) in [6.07, 6.45) is -7.57. The van der Waals surface area contributed by atoms with E-state index in [9.17, 15) is 54.9 Å². The number of aliphatic hydroxyl groups excluding tert-OH is 5. The molecule has 7 aliphatic rings. The van der Waals surface area contributed by atoms with Crippen molar-refractivity contribution in [1.29, 1.82) is 0 Å². The molecule has 21 nitrogen and oxygen atoms in total. The molecule has 3 unspecified atom stereocenters. The molecule has 2 spiro atoms. The highest BCUT2D eigenvalue weighted by molar-refractivity contribution is 6.30. The van der Waals surface area contributed by atoms with Crippen LogP contribution in [0.1, 0.15) is 165 Å². The van der Waals surface area contributed by atoms with Crippen molar-refractivity contribution in [2.75, 3.05) is 7.11 Å². The molecule has 0 aromatic carbocycles. The van der Waals surface area contributed by atoms with Gasteiger partial charge in [-0.1, -0.05) is 88.4 Å². The number of carbonyl (C=O) groups excluding carboxylic acids is 4. The molecule has 0 amide bonds. The Hall–Kier alpha value is -3.49. The lowest BCUT2D eigenvalue weighted by Gasteiger charge is -2.54. The predicted octanol–water partition coefficient (Wildman–Crippen LogP) is 6.30. The van der Waals surface area contributed by atoms with Crippen molar-refractivity contribution in [1.82, 2.24) is 0 Å². The Balaban J connectivity index is 1.24. The van der Waals surface area contributed by atoms with Gasteiger partial charge in [0.1, 0.15) is 35.8 Å². The van der Waals surface area contributed by atoms with Gasteiger partial charge >= 0.3 is 17.9 Å².